The molecule has 0 aliphatic heterocycles. The Balaban J connectivity index is 2.61. The van der Waals surface area contributed by atoms with Crippen LogP contribution >= 0.6 is 0 Å². The van der Waals surface area contributed by atoms with E-state index in [1.54, 1.807) is 0 Å². The number of para-hydroxylation sites is 1. The Hall–Kier alpha value is -1.02. The minimum absolute atomic E-state index is 0.910. The minimum atomic E-state index is 0.910. The topological polar surface area (TPSA) is 21.3 Å². The normalized spacial score (nSPS) is 9.00. The Morgan fingerprint density at radius 1 is 1.22 bits per heavy atom. The Labute approximate surface area is 54.4 Å². The molecular weight excluding hydrogens is 114 g/mol. The zero-order valence-electron chi connectivity index (χ0n) is 5.00. The Morgan fingerprint density at radius 3 is 2.44 bits per heavy atom. The number of nitrogens with one attached hydrogen (secondary N) is 1. The number of hydrogen-bond acceptors (Lipinski definition) is 2. The van der Waals surface area contributed by atoms with Gasteiger partial charge in [-0.1, -0.05) is 18.2 Å². The molecule has 0 aliphatic rings. The van der Waals surface area contributed by atoms with Gasteiger partial charge in [0.25, 0.3) is 0 Å². The third kappa shape index (κ3) is 1.74. The SMILES string of the molecule is [CH2]ONc1ccccc1. The molecule has 0 bridgehead atoms. The van der Waals surface area contributed by atoms with Crippen LogP contribution in [0.15, 0.2) is 30.3 Å². The summed E-state index contributed by atoms with van der Waals surface area (Å²) in [5.41, 5.74) is 3.51. The van der Waals surface area contributed by atoms with Crippen LogP contribution in [0.2, 0.25) is 0 Å². The van der Waals surface area contributed by atoms with Gasteiger partial charge in [0.1, 0.15) is 7.11 Å². The lowest BCUT2D eigenvalue weighted by Gasteiger charge is -1.99. The van der Waals surface area contributed by atoms with Crippen LogP contribution < -0.4 is 5.48 Å². The highest BCUT2D eigenvalue weighted by atomic mass is 16.6. The smallest absolute Gasteiger partial charge is 0.101 e. The van der Waals surface area contributed by atoms with Crippen LogP contribution in [0.3, 0.4) is 0 Å². The van der Waals surface area contributed by atoms with E-state index in [-0.39, 0.29) is 0 Å². The predicted molar refractivity (Wildman–Crippen MR) is 36.5 cm³/mol. The highest BCUT2D eigenvalue weighted by Gasteiger charge is 1.82. The van der Waals surface area contributed by atoms with Crippen molar-refractivity contribution in [1.82, 2.24) is 0 Å². The third-order valence-electron chi connectivity index (χ3n) is 0.964. The monoisotopic (exact) mass is 122 g/mol. The highest BCUT2D eigenvalue weighted by molar-refractivity contribution is 5.39. The zero-order chi connectivity index (χ0) is 6.53. The Morgan fingerprint density at radius 2 is 1.89 bits per heavy atom. The summed E-state index contributed by atoms with van der Waals surface area (Å²) < 4.78 is 0. The molecule has 0 atom stereocenters. The Kier molecular flexibility index (Phi) is 2.10. The van der Waals surface area contributed by atoms with Crippen LogP contribution in [0, 0.1) is 7.11 Å². The van der Waals surface area contributed by atoms with E-state index < -0.39 is 0 Å². The van der Waals surface area contributed by atoms with Gasteiger partial charge in [-0.3, -0.25) is 10.3 Å². The summed E-state index contributed by atoms with van der Waals surface area (Å²) in [6.45, 7) is 0. The predicted octanol–water partition coefficient (Wildman–Crippen LogP) is 1.82. The fourth-order valence-electron chi connectivity index (χ4n) is 0.590. The average Bonchev–Trinajstić information content (AvgIpc) is 1.91. The molecular formula is C7H8NO. The highest BCUT2D eigenvalue weighted by Crippen LogP contribution is 2.03. The van der Waals surface area contributed by atoms with Gasteiger partial charge < -0.3 is 0 Å². The molecule has 9 heavy (non-hydrogen) atoms. The fourth-order valence-corrected chi connectivity index (χ4v) is 0.590. The summed E-state index contributed by atoms with van der Waals surface area (Å²) in [4.78, 5) is 4.43. The molecule has 0 heterocycles. The number of rotatable bonds is 2. The van der Waals surface area contributed by atoms with Gasteiger partial charge in [-0.25, -0.2) is 0 Å². The molecule has 1 rings (SSSR count). The average molecular weight is 122 g/mol. The summed E-state index contributed by atoms with van der Waals surface area (Å²) in [6.07, 6.45) is 0. The molecule has 2 heteroatoms. The molecule has 0 aliphatic carbocycles. The minimum Gasteiger partial charge on any atom is -0.274 e. The molecule has 0 aromatic heterocycles. The summed E-state index contributed by atoms with van der Waals surface area (Å²) in [7, 11) is 3.17. The maximum absolute atomic E-state index is 4.43. The molecule has 0 saturated carbocycles. The van der Waals surface area contributed by atoms with Crippen molar-refractivity contribution in [2.45, 2.75) is 0 Å². The van der Waals surface area contributed by atoms with Crippen LogP contribution in [0.5, 0.6) is 0 Å². The van der Waals surface area contributed by atoms with Gasteiger partial charge in [0, 0.05) is 0 Å². The zero-order valence-corrected chi connectivity index (χ0v) is 5.00. The second kappa shape index (κ2) is 3.10. The quantitative estimate of drug-likeness (QED) is 0.604. The van der Waals surface area contributed by atoms with Gasteiger partial charge in [-0.05, 0) is 12.1 Å². The molecule has 0 unspecified atom stereocenters. The van der Waals surface area contributed by atoms with Gasteiger partial charge in [0.2, 0.25) is 0 Å². The number of hydrogen-bond donors (Lipinski definition) is 1. The molecule has 1 N–H and O–H groups in total. The standard InChI is InChI=1S/C7H8NO/c1-9-8-7-5-3-2-4-6-7/h2-6,8H,1H2. The van der Waals surface area contributed by atoms with E-state index >= 15 is 0 Å². The second-order valence-corrected chi connectivity index (χ2v) is 1.61. The molecule has 1 aromatic carbocycles. The van der Waals surface area contributed by atoms with Gasteiger partial charge in [-0.15, -0.1) is 0 Å². The van der Waals surface area contributed by atoms with Crippen LogP contribution in [0.1, 0.15) is 0 Å². The van der Waals surface area contributed by atoms with Crippen LogP contribution in [0.4, 0.5) is 5.69 Å². The van der Waals surface area contributed by atoms with Crippen molar-refractivity contribution < 1.29 is 4.84 Å². The molecule has 0 spiro atoms. The first-order valence-corrected chi connectivity index (χ1v) is 2.65. The summed E-state index contributed by atoms with van der Waals surface area (Å²) in [6, 6.07) is 9.56. The third-order valence-corrected chi connectivity index (χ3v) is 0.964. The van der Waals surface area contributed by atoms with E-state index in [2.05, 4.69) is 17.4 Å². The summed E-state index contributed by atoms with van der Waals surface area (Å²) in [5, 5.41) is 0. The van der Waals surface area contributed by atoms with Crippen molar-refractivity contribution in [1.29, 1.82) is 0 Å². The molecule has 0 fully saturated rings. The van der Waals surface area contributed by atoms with Crippen molar-refractivity contribution in [3.05, 3.63) is 37.4 Å². The summed E-state index contributed by atoms with van der Waals surface area (Å²) in [5.74, 6) is 0. The molecule has 0 amide bonds. The van der Waals surface area contributed by atoms with Crippen LogP contribution in [-0.2, 0) is 4.84 Å². The van der Waals surface area contributed by atoms with Gasteiger partial charge in [-0.2, -0.15) is 0 Å². The van der Waals surface area contributed by atoms with Crippen LogP contribution in [0.25, 0.3) is 0 Å². The fraction of sp³-hybridized carbons (Fsp3) is 0. The number of anilines is 1. The van der Waals surface area contributed by atoms with Crippen molar-refractivity contribution >= 4 is 5.69 Å². The molecule has 0 saturated heterocycles. The largest absolute Gasteiger partial charge is 0.274 e. The molecule has 47 valence electrons. The van der Waals surface area contributed by atoms with E-state index in [0.717, 1.165) is 5.69 Å². The lowest BCUT2D eigenvalue weighted by atomic mass is 10.3. The van der Waals surface area contributed by atoms with E-state index in [1.807, 2.05) is 30.3 Å². The van der Waals surface area contributed by atoms with Crippen molar-refractivity contribution in [3.63, 3.8) is 0 Å². The van der Waals surface area contributed by atoms with E-state index in [1.165, 1.54) is 0 Å². The first kappa shape index (κ1) is 6.11. The number of benzene rings is 1. The maximum Gasteiger partial charge on any atom is 0.101 e. The van der Waals surface area contributed by atoms with E-state index in [9.17, 15) is 0 Å². The van der Waals surface area contributed by atoms with E-state index in [4.69, 9.17) is 0 Å². The lowest BCUT2D eigenvalue weighted by molar-refractivity contribution is 0.322. The Bertz CT molecular complexity index is 162. The van der Waals surface area contributed by atoms with Gasteiger partial charge in [0.15, 0.2) is 0 Å². The lowest BCUT2D eigenvalue weighted by Crippen LogP contribution is -1.91. The van der Waals surface area contributed by atoms with Crippen molar-refractivity contribution in [2.75, 3.05) is 5.48 Å². The summed E-state index contributed by atoms with van der Waals surface area (Å²) >= 11 is 0. The first-order valence-electron chi connectivity index (χ1n) is 2.65. The molecule has 1 aromatic rings. The van der Waals surface area contributed by atoms with Gasteiger partial charge >= 0.3 is 0 Å². The first-order chi connectivity index (χ1) is 4.43. The molecule has 2 nitrogen and oxygen atoms in total. The van der Waals surface area contributed by atoms with Crippen molar-refractivity contribution in [2.24, 2.45) is 0 Å². The van der Waals surface area contributed by atoms with Gasteiger partial charge in [0.05, 0.1) is 5.69 Å². The second-order valence-electron chi connectivity index (χ2n) is 1.61. The maximum atomic E-state index is 4.43. The van der Waals surface area contributed by atoms with E-state index in [0.29, 0.717) is 0 Å². The van der Waals surface area contributed by atoms with Crippen molar-refractivity contribution in [3.8, 4) is 0 Å². The van der Waals surface area contributed by atoms with Crippen LogP contribution in [-0.4, -0.2) is 0 Å². The molecule has 1 radical (unpaired) electrons.